The number of aromatic hydroxyl groups is 1. The van der Waals surface area contributed by atoms with Gasteiger partial charge in [-0.1, -0.05) is 31.9 Å². The van der Waals surface area contributed by atoms with Crippen LogP contribution < -0.4 is 10.4 Å². The molecule has 0 fully saturated rings. The Kier molecular flexibility index (Phi) is 5.76. The Bertz CT molecular complexity index is 1530. The summed E-state index contributed by atoms with van der Waals surface area (Å²) in [7, 11) is 0. The minimum absolute atomic E-state index is 0.205. The minimum atomic E-state index is -0.398. The first-order valence-corrected chi connectivity index (χ1v) is 11.4. The monoisotopic (exact) mass is 455 g/mol. The van der Waals surface area contributed by atoms with Gasteiger partial charge in [-0.3, -0.25) is 0 Å². The molecule has 5 rings (SSSR count). The number of aryl methyl sites for hydroxylation is 2. The predicted octanol–water partition coefficient (Wildman–Crippen LogP) is 6.20. The summed E-state index contributed by atoms with van der Waals surface area (Å²) in [5.41, 5.74) is 3.55. The molecule has 0 atom stereocenters. The molecule has 7 heteroatoms. The van der Waals surface area contributed by atoms with Gasteiger partial charge in [-0.15, -0.1) is 0 Å². The van der Waals surface area contributed by atoms with E-state index in [1.54, 1.807) is 18.2 Å². The lowest BCUT2D eigenvalue weighted by atomic mass is 10.1. The van der Waals surface area contributed by atoms with Crippen LogP contribution in [-0.2, 0) is 6.54 Å². The molecule has 0 unspecified atom stereocenters. The quantitative estimate of drug-likeness (QED) is 0.232. The van der Waals surface area contributed by atoms with E-state index in [4.69, 9.17) is 9.15 Å². The fourth-order valence-electron chi connectivity index (χ4n) is 4.22. The SMILES string of the molecule is CCCCCn1cc(-c2ccc(O)cc2)c2c(Oc3ccc4c(C)cc(=O)oc4c3)ncnc21. The third-order valence-electron chi connectivity index (χ3n) is 5.94. The van der Waals surface area contributed by atoms with Crippen LogP contribution in [0, 0.1) is 6.92 Å². The Balaban J connectivity index is 1.63. The van der Waals surface area contributed by atoms with Crippen molar-refractivity contribution in [3.05, 3.63) is 77.0 Å². The van der Waals surface area contributed by atoms with Gasteiger partial charge >= 0.3 is 5.63 Å². The second-order valence-electron chi connectivity index (χ2n) is 8.38. The second kappa shape index (κ2) is 9.02. The van der Waals surface area contributed by atoms with E-state index in [1.807, 2.05) is 31.2 Å². The summed E-state index contributed by atoms with van der Waals surface area (Å²) in [5, 5.41) is 11.4. The van der Waals surface area contributed by atoms with E-state index in [-0.39, 0.29) is 5.75 Å². The van der Waals surface area contributed by atoms with Crippen molar-refractivity contribution in [3.63, 3.8) is 0 Å². The number of unbranched alkanes of at least 4 members (excludes halogenated alkanes) is 2. The smallest absolute Gasteiger partial charge is 0.336 e. The van der Waals surface area contributed by atoms with Crippen molar-refractivity contribution in [2.75, 3.05) is 0 Å². The van der Waals surface area contributed by atoms with Gasteiger partial charge in [0.1, 0.15) is 29.1 Å². The lowest BCUT2D eigenvalue weighted by molar-refractivity contribution is 0.466. The number of phenolic OH excluding ortho intramolecular Hbond substituents is 1. The predicted molar refractivity (Wildman–Crippen MR) is 131 cm³/mol. The summed E-state index contributed by atoms with van der Waals surface area (Å²) in [6.45, 7) is 4.88. The van der Waals surface area contributed by atoms with Crippen LogP contribution in [0.1, 0.15) is 31.7 Å². The highest BCUT2D eigenvalue weighted by atomic mass is 16.5. The summed E-state index contributed by atoms with van der Waals surface area (Å²) in [6, 6.07) is 13.9. The topological polar surface area (TPSA) is 90.4 Å². The van der Waals surface area contributed by atoms with E-state index >= 15 is 0 Å². The zero-order valence-electron chi connectivity index (χ0n) is 19.1. The molecule has 0 aliphatic carbocycles. The van der Waals surface area contributed by atoms with E-state index in [0.717, 1.165) is 58.9 Å². The summed E-state index contributed by atoms with van der Waals surface area (Å²) in [4.78, 5) is 20.8. The summed E-state index contributed by atoms with van der Waals surface area (Å²) in [5.74, 6) is 1.13. The second-order valence-corrected chi connectivity index (χ2v) is 8.38. The molecule has 3 aromatic heterocycles. The molecule has 0 aliphatic heterocycles. The number of fused-ring (bicyclic) bond motifs is 2. The Hall–Kier alpha value is -4.13. The molecule has 0 radical (unpaired) electrons. The summed E-state index contributed by atoms with van der Waals surface area (Å²) in [6.07, 6.45) is 6.87. The van der Waals surface area contributed by atoms with Crippen molar-refractivity contribution in [2.24, 2.45) is 0 Å². The van der Waals surface area contributed by atoms with Gasteiger partial charge < -0.3 is 18.8 Å². The largest absolute Gasteiger partial charge is 0.508 e. The normalized spacial score (nSPS) is 11.4. The molecule has 34 heavy (non-hydrogen) atoms. The van der Waals surface area contributed by atoms with Crippen LogP contribution in [0.25, 0.3) is 33.1 Å². The number of ether oxygens (including phenoxy) is 1. The number of aromatic nitrogens is 3. The molecule has 3 heterocycles. The fourth-order valence-corrected chi connectivity index (χ4v) is 4.22. The van der Waals surface area contributed by atoms with Crippen LogP contribution >= 0.6 is 0 Å². The maximum Gasteiger partial charge on any atom is 0.336 e. The van der Waals surface area contributed by atoms with Crippen LogP contribution in [0.3, 0.4) is 0 Å². The molecule has 0 aliphatic rings. The van der Waals surface area contributed by atoms with Crippen LogP contribution in [0.15, 0.2) is 70.3 Å². The van der Waals surface area contributed by atoms with Crippen molar-refractivity contribution in [1.82, 2.24) is 14.5 Å². The highest BCUT2D eigenvalue weighted by Crippen LogP contribution is 2.38. The maximum atomic E-state index is 11.8. The molecule has 0 saturated carbocycles. The van der Waals surface area contributed by atoms with Crippen molar-refractivity contribution in [3.8, 4) is 28.5 Å². The first-order chi connectivity index (χ1) is 16.5. The number of hydrogen-bond acceptors (Lipinski definition) is 6. The average molecular weight is 456 g/mol. The van der Waals surface area contributed by atoms with Crippen LogP contribution in [0.5, 0.6) is 17.4 Å². The standard InChI is InChI=1S/C27H25N3O4/c1-3-4-5-12-30-15-22(18-6-8-19(31)9-7-18)25-26(30)28-16-29-27(25)33-20-10-11-21-17(2)13-24(32)34-23(21)14-20/h6-11,13-16,31H,3-5,12H2,1-2H3. The van der Waals surface area contributed by atoms with Gasteiger partial charge in [0.25, 0.3) is 0 Å². The molecule has 5 aromatic rings. The number of hydrogen-bond donors (Lipinski definition) is 1. The highest BCUT2D eigenvalue weighted by molar-refractivity contribution is 5.98. The molecule has 0 bridgehead atoms. The highest BCUT2D eigenvalue weighted by Gasteiger charge is 2.18. The van der Waals surface area contributed by atoms with Crippen LogP contribution in [0.2, 0.25) is 0 Å². The van der Waals surface area contributed by atoms with Gasteiger partial charge in [0.2, 0.25) is 5.88 Å². The van der Waals surface area contributed by atoms with Gasteiger partial charge in [0.15, 0.2) is 0 Å². The van der Waals surface area contributed by atoms with Crippen LogP contribution in [-0.4, -0.2) is 19.6 Å². The van der Waals surface area contributed by atoms with Crippen molar-refractivity contribution in [2.45, 2.75) is 39.7 Å². The van der Waals surface area contributed by atoms with Gasteiger partial charge in [-0.25, -0.2) is 14.8 Å². The molecule has 0 amide bonds. The van der Waals surface area contributed by atoms with Crippen molar-refractivity contribution < 1.29 is 14.3 Å². The first-order valence-electron chi connectivity index (χ1n) is 11.4. The number of benzene rings is 2. The fraction of sp³-hybridized carbons (Fsp3) is 0.222. The molecular formula is C27H25N3O4. The zero-order valence-corrected chi connectivity index (χ0v) is 19.1. The number of phenols is 1. The van der Waals surface area contributed by atoms with E-state index in [9.17, 15) is 9.90 Å². The molecule has 0 saturated heterocycles. The van der Waals surface area contributed by atoms with Crippen molar-refractivity contribution >= 4 is 22.0 Å². The zero-order chi connectivity index (χ0) is 23.7. The molecule has 1 N–H and O–H groups in total. The van der Waals surface area contributed by atoms with E-state index in [1.165, 1.54) is 12.4 Å². The van der Waals surface area contributed by atoms with Gasteiger partial charge in [0.05, 0.1) is 5.39 Å². The Morgan fingerprint density at radius 1 is 1.06 bits per heavy atom. The lowest BCUT2D eigenvalue weighted by Gasteiger charge is -2.09. The summed E-state index contributed by atoms with van der Waals surface area (Å²) >= 11 is 0. The Labute approximate surface area is 196 Å². The molecule has 0 spiro atoms. The Morgan fingerprint density at radius 3 is 2.68 bits per heavy atom. The third kappa shape index (κ3) is 4.12. The average Bonchev–Trinajstić information content (AvgIpc) is 3.19. The van der Waals surface area contributed by atoms with E-state index < -0.39 is 5.63 Å². The molecule has 7 nitrogen and oxygen atoms in total. The van der Waals surface area contributed by atoms with Gasteiger partial charge in [-0.2, -0.15) is 0 Å². The third-order valence-corrected chi connectivity index (χ3v) is 5.94. The lowest BCUT2D eigenvalue weighted by Crippen LogP contribution is -1.99. The van der Waals surface area contributed by atoms with E-state index in [2.05, 4.69) is 27.7 Å². The molecule has 172 valence electrons. The minimum Gasteiger partial charge on any atom is -0.508 e. The van der Waals surface area contributed by atoms with Gasteiger partial charge in [-0.05, 0) is 48.7 Å². The van der Waals surface area contributed by atoms with E-state index in [0.29, 0.717) is 17.2 Å². The van der Waals surface area contributed by atoms with Crippen molar-refractivity contribution in [1.29, 1.82) is 0 Å². The van der Waals surface area contributed by atoms with Crippen LogP contribution in [0.4, 0.5) is 0 Å². The van der Waals surface area contributed by atoms with Gasteiger partial charge in [0, 0.05) is 35.8 Å². The number of nitrogens with zero attached hydrogens (tertiary/aromatic N) is 3. The molecular weight excluding hydrogens is 430 g/mol. The molecule has 2 aromatic carbocycles. The number of rotatable bonds is 7. The first kappa shape index (κ1) is 21.7. The Morgan fingerprint density at radius 2 is 1.88 bits per heavy atom. The maximum absolute atomic E-state index is 11.8. The summed E-state index contributed by atoms with van der Waals surface area (Å²) < 4.78 is 13.7.